The van der Waals surface area contributed by atoms with Crippen LogP contribution in [0.15, 0.2) is 33.7 Å². The van der Waals surface area contributed by atoms with E-state index >= 15 is 0 Å². The number of nitrogens with zero attached hydrogens (tertiary/aromatic N) is 2. The van der Waals surface area contributed by atoms with Crippen LogP contribution >= 0.6 is 39.9 Å². The fraction of sp³-hybridized carbons (Fsp3) is 0.500. The second kappa shape index (κ2) is 12.6. The lowest BCUT2D eigenvalue weighted by Gasteiger charge is -2.18. The van der Waals surface area contributed by atoms with E-state index in [9.17, 15) is 4.79 Å². The van der Waals surface area contributed by atoms with Gasteiger partial charge < -0.3 is 15.5 Å². The lowest BCUT2D eigenvalue weighted by Crippen LogP contribution is -2.39. The summed E-state index contributed by atoms with van der Waals surface area (Å²) >= 11 is 3.50. The molecule has 0 atom stereocenters. The maximum atomic E-state index is 12.2. The molecule has 5 nitrogen and oxygen atoms in total. The summed E-state index contributed by atoms with van der Waals surface area (Å²) in [5.41, 5.74) is 1.10. The standard InChI is InChI=1S/C16H25BrN4O.HI/c1-4-10-19-16(18-2)20-11-9-15(22)21(3)12-13-7-5-6-8-14(13)17;/h5-8H,4,9-12H2,1-3H3,(H2,18,19,20);1H. The first-order chi connectivity index (χ1) is 10.6. The van der Waals surface area contributed by atoms with E-state index in [1.807, 2.05) is 31.3 Å². The normalized spacial score (nSPS) is 10.7. The first-order valence-electron chi connectivity index (χ1n) is 7.50. The number of guanidine groups is 1. The molecule has 0 saturated heterocycles. The lowest BCUT2D eigenvalue weighted by molar-refractivity contribution is -0.130. The van der Waals surface area contributed by atoms with Crippen LogP contribution in [0.5, 0.6) is 0 Å². The SMILES string of the molecule is CCCNC(=NC)NCCC(=O)N(C)Cc1ccccc1Br.I. The Kier molecular flexibility index (Phi) is 12.1. The van der Waals surface area contributed by atoms with Gasteiger partial charge in [-0.3, -0.25) is 9.79 Å². The third kappa shape index (κ3) is 8.55. The number of carbonyl (C=O) groups excluding carboxylic acids is 1. The molecular weight excluding hydrogens is 471 g/mol. The summed E-state index contributed by atoms with van der Waals surface area (Å²) in [6.45, 7) is 4.14. The van der Waals surface area contributed by atoms with Crippen molar-refractivity contribution in [3.63, 3.8) is 0 Å². The van der Waals surface area contributed by atoms with E-state index in [0.29, 0.717) is 19.5 Å². The van der Waals surface area contributed by atoms with Gasteiger partial charge in [-0.25, -0.2) is 0 Å². The van der Waals surface area contributed by atoms with Crippen molar-refractivity contribution >= 4 is 51.8 Å². The summed E-state index contributed by atoms with van der Waals surface area (Å²) < 4.78 is 1.02. The highest BCUT2D eigenvalue weighted by Crippen LogP contribution is 2.17. The number of nitrogens with one attached hydrogen (secondary N) is 2. The number of amides is 1. The van der Waals surface area contributed by atoms with Gasteiger partial charge in [-0.15, -0.1) is 24.0 Å². The Morgan fingerprint density at radius 3 is 2.52 bits per heavy atom. The third-order valence-corrected chi connectivity index (χ3v) is 3.96. The largest absolute Gasteiger partial charge is 0.356 e. The fourth-order valence-corrected chi connectivity index (χ4v) is 2.32. The van der Waals surface area contributed by atoms with Crippen molar-refractivity contribution in [1.82, 2.24) is 15.5 Å². The molecule has 0 radical (unpaired) electrons. The summed E-state index contributed by atoms with van der Waals surface area (Å²) in [5, 5.41) is 6.32. The molecule has 7 heteroatoms. The van der Waals surface area contributed by atoms with Crippen molar-refractivity contribution in [2.45, 2.75) is 26.3 Å². The van der Waals surface area contributed by atoms with Crippen LogP contribution in [0, 0.1) is 0 Å². The Bertz CT molecular complexity index is 511. The molecule has 2 N–H and O–H groups in total. The van der Waals surface area contributed by atoms with Crippen molar-refractivity contribution in [3.05, 3.63) is 34.3 Å². The van der Waals surface area contributed by atoms with Crippen molar-refractivity contribution in [2.75, 3.05) is 27.2 Å². The number of halogens is 2. The summed E-state index contributed by atoms with van der Waals surface area (Å²) in [6, 6.07) is 7.94. The van der Waals surface area contributed by atoms with Gasteiger partial charge in [0.15, 0.2) is 5.96 Å². The van der Waals surface area contributed by atoms with Crippen LogP contribution in [0.25, 0.3) is 0 Å². The van der Waals surface area contributed by atoms with Gasteiger partial charge in [0.25, 0.3) is 0 Å². The van der Waals surface area contributed by atoms with Crippen molar-refractivity contribution < 1.29 is 4.79 Å². The van der Waals surface area contributed by atoms with E-state index < -0.39 is 0 Å². The lowest BCUT2D eigenvalue weighted by atomic mass is 10.2. The number of hydrogen-bond acceptors (Lipinski definition) is 2. The highest BCUT2D eigenvalue weighted by Gasteiger charge is 2.10. The average Bonchev–Trinajstić information content (AvgIpc) is 2.52. The molecule has 0 heterocycles. The predicted molar refractivity (Wildman–Crippen MR) is 110 cm³/mol. The minimum Gasteiger partial charge on any atom is -0.356 e. The smallest absolute Gasteiger partial charge is 0.224 e. The van der Waals surface area contributed by atoms with Gasteiger partial charge in [-0.1, -0.05) is 41.1 Å². The first kappa shape index (κ1) is 22.2. The van der Waals surface area contributed by atoms with Gasteiger partial charge in [-0.05, 0) is 18.1 Å². The van der Waals surface area contributed by atoms with Crippen LogP contribution in [0.3, 0.4) is 0 Å². The molecular formula is C16H26BrIN4O. The van der Waals surface area contributed by atoms with Gasteiger partial charge >= 0.3 is 0 Å². The molecule has 0 aliphatic heterocycles. The molecule has 1 aromatic carbocycles. The Hall–Kier alpha value is -0.830. The van der Waals surface area contributed by atoms with Crippen molar-refractivity contribution in [2.24, 2.45) is 4.99 Å². The summed E-state index contributed by atoms with van der Waals surface area (Å²) in [6.07, 6.45) is 1.47. The van der Waals surface area contributed by atoms with Gasteiger partial charge in [0, 0.05) is 44.6 Å². The fourth-order valence-electron chi connectivity index (χ4n) is 1.91. The highest BCUT2D eigenvalue weighted by molar-refractivity contribution is 14.0. The molecule has 0 fully saturated rings. The second-order valence-electron chi connectivity index (χ2n) is 5.02. The maximum Gasteiger partial charge on any atom is 0.224 e. The molecule has 23 heavy (non-hydrogen) atoms. The van der Waals surface area contributed by atoms with E-state index in [4.69, 9.17) is 0 Å². The van der Waals surface area contributed by atoms with Gasteiger partial charge in [0.2, 0.25) is 5.91 Å². The maximum absolute atomic E-state index is 12.2. The minimum atomic E-state index is 0. The van der Waals surface area contributed by atoms with Gasteiger partial charge in [0.1, 0.15) is 0 Å². The molecule has 0 unspecified atom stereocenters. The van der Waals surface area contributed by atoms with Gasteiger partial charge in [-0.2, -0.15) is 0 Å². The molecule has 0 aromatic heterocycles. The molecule has 0 saturated carbocycles. The van der Waals surface area contributed by atoms with Crippen LogP contribution < -0.4 is 10.6 Å². The highest BCUT2D eigenvalue weighted by atomic mass is 127. The summed E-state index contributed by atoms with van der Waals surface area (Å²) in [7, 11) is 3.55. The topological polar surface area (TPSA) is 56.7 Å². The molecule has 1 aromatic rings. The van der Waals surface area contributed by atoms with E-state index in [1.54, 1.807) is 11.9 Å². The molecule has 0 spiro atoms. The number of carbonyl (C=O) groups is 1. The van der Waals surface area contributed by atoms with Crippen LogP contribution in [0.2, 0.25) is 0 Å². The van der Waals surface area contributed by atoms with Crippen molar-refractivity contribution in [1.29, 1.82) is 0 Å². The Balaban J connectivity index is 0.00000484. The monoisotopic (exact) mass is 496 g/mol. The molecule has 130 valence electrons. The number of aliphatic imine (C=N–C) groups is 1. The molecule has 1 amide bonds. The third-order valence-electron chi connectivity index (χ3n) is 3.19. The Labute approximate surface area is 164 Å². The van der Waals surface area contributed by atoms with E-state index in [2.05, 4.69) is 38.5 Å². The van der Waals surface area contributed by atoms with Crippen LogP contribution in [-0.4, -0.2) is 44.0 Å². The van der Waals surface area contributed by atoms with E-state index in [-0.39, 0.29) is 29.9 Å². The predicted octanol–water partition coefficient (Wildman–Crippen LogP) is 2.99. The van der Waals surface area contributed by atoms with Crippen LogP contribution in [0.4, 0.5) is 0 Å². The number of rotatable bonds is 7. The second-order valence-corrected chi connectivity index (χ2v) is 5.87. The zero-order chi connectivity index (χ0) is 16.4. The van der Waals surface area contributed by atoms with E-state index in [1.165, 1.54) is 0 Å². The van der Waals surface area contributed by atoms with Crippen LogP contribution in [0.1, 0.15) is 25.3 Å². The number of benzene rings is 1. The van der Waals surface area contributed by atoms with Gasteiger partial charge in [0.05, 0.1) is 0 Å². The molecule has 0 aliphatic carbocycles. The Morgan fingerprint density at radius 1 is 1.26 bits per heavy atom. The zero-order valence-electron chi connectivity index (χ0n) is 13.9. The average molecular weight is 497 g/mol. The van der Waals surface area contributed by atoms with E-state index in [0.717, 1.165) is 29.0 Å². The summed E-state index contributed by atoms with van der Waals surface area (Å²) in [5.74, 6) is 0.845. The zero-order valence-corrected chi connectivity index (χ0v) is 17.9. The number of hydrogen-bond donors (Lipinski definition) is 2. The van der Waals surface area contributed by atoms with Crippen LogP contribution in [-0.2, 0) is 11.3 Å². The minimum absolute atomic E-state index is 0. The molecule has 0 aliphatic rings. The summed E-state index contributed by atoms with van der Waals surface area (Å²) in [4.78, 5) is 18.0. The molecule has 0 bridgehead atoms. The first-order valence-corrected chi connectivity index (χ1v) is 8.29. The molecule has 1 rings (SSSR count). The quantitative estimate of drug-likeness (QED) is 0.346. The van der Waals surface area contributed by atoms with Crippen molar-refractivity contribution in [3.8, 4) is 0 Å². The Morgan fingerprint density at radius 2 is 1.91 bits per heavy atom.